The number of pyridine rings is 2. The van der Waals surface area contributed by atoms with Crippen molar-refractivity contribution in [3.8, 4) is 56.4 Å². The number of rotatable bonds is 5. The Bertz CT molecular complexity index is 2560. The Hall–Kier alpha value is -6.52. The van der Waals surface area contributed by atoms with Crippen LogP contribution in [0.5, 0.6) is 0 Å². The molecule has 0 aliphatic heterocycles. The molecule has 0 fully saturated rings. The topological polar surface area (TPSA) is 51.6 Å². The molecule has 0 saturated heterocycles. The Morgan fingerprint density at radius 3 is 1.69 bits per heavy atom. The summed E-state index contributed by atoms with van der Waals surface area (Å²) in [5, 5.41) is 4.62. The molecular formula is C44H28N4. The molecule has 0 amide bonds. The van der Waals surface area contributed by atoms with Gasteiger partial charge in [-0.2, -0.15) is 0 Å². The minimum atomic E-state index is 0.677. The normalized spacial score (nSPS) is 11.3. The molecule has 0 saturated carbocycles. The van der Waals surface area contributed by atoms with Crippen molar-refractivity contribution < 1.29 is 0 Å². The molecule has 9 rings (SSSR count). The summed E-state index contributed by atoms with van der Waals surface area (Å²) in [6.45, 7) is 0. The van der Waals surface area contributed by atoms with Crippen molar-refractivity contribution in [1.82, 2.24) is 19.9 Å². The van der Waals surface area contributed by atoms with E-state index in [1.165, 1.54) is 10.8 Å². The molecule has 0 atom stereocenters. The highest BCUT2D eigenvalue weighted by Crippen LogP contribution is 2.31. The van der Waals surface area contributed by atoms with Crippen molar-refractivity contribution in [1.29, 1.82) is 0 Å². The van der Waals surface area contributed by atoms with Crippen LogP contribution in [0.25, 0.3) is 89.0 Å². The summed E-state index contributed by atoms with van der Waals surface area (Å²) in [7, 11) is 0. The Balaban J connectivity index is 1.08. The van der Waals surface area contributed by atoms with Crippen LogP contribution < -0.4 is 0 Å². The lowest BCUT2D eigenvalue weighted by atomic mass is 10.0. The highest BCUT2D eigenvalue weighted by atomic mass is 14.9. The van der Waals surface area contributed by atoms with Crippen LogP contribution in [0.3, 0.4) is 0 Å². The number of fused-ring (bicyclic) bond motifs is 3. The molecule has 0 radical (unpaired) electrons. The predicted molar refractivity (Wildman–Crippen MR) is 197 cm³/mol. The van der Waals surface area contributed by atoms with Crippen molar-refractivity contribution in [2.24, 2.45) is 0 Å². The summed E-state index contributed by atoms with van der Waals surface area (Å²) >= 11 is 0. The van der Waals surface area contributed by atoms with E-state index in [0.29, 0.717) is 5.82 Å². The van der Waals surface area contributed by atoms with E-state index in [1.54, 1.807) is 0 Å². The van der Waals surface area contributed by atoms with Crippen LogP contribution in [-0.4, -0.2) is 19.9 Å². The molecule has 0 spiro atoms. The molecule has 4 nitrogen and oxygen atoms in total. The van der Waals surface area contributed by atoms with E-state index in [4.69, 9.17) is 19.9 Å². The zero-order chi connectivity index (χ0) is 31.9. The molecule has 0 unspecified atom stereocenters. The van der Waals surface area contributed by atoms with Crippen LogP contribution in [0.15, 0.2) is 170 Å². The van der Waals surface area contributed by atoms with Crippen LogP contribution in [-0.2, 0) is 0 Å². The van der Waals surface area contributed by atoms with Gasteiger partial charge in [-0.15, -0.1) is 0 Å². The maximum absolute atomic E-state index is 5.13. The first-order valence-electron chi connectivity index (χ1n) is 16.1. The molecule has 4 heteroatoms. The molecule has 48 heavy (non-hydrogen) atoms. The van der Waals surface area contributed by atoms with E-state index in [1.807, 2.05) is 60.7 Å². The molecule has 3 aromatic heterocycles. The SMILES string of the molecule is c1ccc(-c2cc(-c3ccc4ccc(-c5ccc6nc(-c7ccc8ccccc8c7)ccc6c5)cc4n3)nc(-c3ccccc3)n2)cc1. The third kappa shape index (κ3) is 5.25. The molecular weight excluding hydrogens is 585 g/mol. The van der Waals surface area contributed by atoms with E-state index >= 15 is 0 Å². The molecule has 0 bridgehead atoms. The molecule has 224 valence electrons. The summed E-state index contributed by atoms with van der Waals surface area (Å²) in [4.78, 5) is 20.1. The lowest BCUT2D eigenvalue weighted by Gasteiger charge is -2.10. The van der Waals surface area contributed by atoms with Crippen LogP contribution in [0.4, 0.5) is 0 Å². The number of benzene rings is 6. The van der Waals surface area contributed by atoms with Crippen molar-refractivity contribution >= 4 is 32.6 Å². The molecule has 0 aliphatic carbocycles. The Morgan fingerprint density at radius 2 is 0.833 bits per heavy atom. The van der Waals surface area contributed by atoms with Gasteiger partial charge in [-0.1, -0.05) is 127 Å². The average Bonchev–Trinajstić information content (AvgIpc) is 3.17. The van der Waals surface area contributed by atoms with Gasteiger partial charge in [0.05, 0.1) is 33.8 Å². The van der Waals surface area contributed by atoms with Gasteiger partial charge in [-0.05, 0) is 64.4 Å². The van der Waals surface area contributed by atoms with E-state index in [2.05, 4.69) is 109 Å². The highest BCUT2D eigenvalue weighted by Gasteiger charge is 2.13. The fourth-order valence-corrected chi connectivity index (χ4v) is 6.31. The van der Waals surface area contributed by atoms with E-state index in [9.17, 15) is 0 Å². The molecule has 3 heterocycles. The van der Waals surface area contributed by atoms with Gasteiger partial charge in [0, 0.05) is 27.5 Å². The van der Waals surface area contributed by atoms with Gasteiger partial charge in [-0.3, -0.25) is 0 Å². The molecule has 6 aromatic carbocycles. The fraction of sp³-hybridized carbons (Fsp3) is 0. The lowest BCUT2D eigenvalue weighted by Crippen LogP contribution is -1.97. The zero-order valence-corrected chi connectivity index (χ0v) is 26.0. The second-order valence-electron chi connectivity index (χ2n) is 12.0. The van der Waals surface area contributed by atoms with Crippen LogP contribution >= 0.6 is 0 Å². The number of nitrogens with zero attached hydrogens (tertiary/aromatic N) is 4. The third-order valence-electron chi connectivity index (χ3n) is 8.85. The largest absolute Gasteiger partial charge is 0.248 e. The van der Waals surface area contributed by atoms with Crippen LogP contribution in [0.1, 0.15) is 0 Å². The quantitative estimate of drug-likeness (QED) is 0.194. The summed E-state index contributed by atoms with van der Waals surface area (Å²) < 4.78 is 0. The smallest absolute Gasteiger partial charge is 0.160 e. The Kier molecular flexibility index (Phi) is 6.76. The molecule has 9 aromatic rings. The second-order valence-corrected chi connectivity index (χ2v) is 12.0. The first kappa shape index (κ1) is 27.8. The molecule has 0 aliphatic rings. The van der Waals surface area contributed by atoms with Crippen molar-refractivity contribution in [2.75, 3.05) is 0 Å². The van der Waals surface area contributed by atoms with Gasteiger partial charge < -0.3 is 0 Å². The van der Waals surface area contributed by atoms with Crippen molar-refractivity contribution in [3.63, 3.8) is 0 Å². The monoisotopic (exact) mass is 612 g/mol. The van der Waals surface area contributed by atoms with Crippen LogP contribution in [0, 0.1) is 0 Å². The second kappa shape index (κ2) is 11.7. The van der Waals surface area contributed by atoms with Gasteiger partial charge in [0.1, 0.15) is 0 Å². The summed E-state index contributed by atoms with van der Waals surface area (Å²) in [6, 6.07) is 58.7. The van der Waals surface area contributed by atoms with Gasteiger partial charge in [0.2, 0.25) is 0 Å². The Morgan fingerprint density at radius 1 is 0.250 bits per heavy atom. The highest BCUT2D eigenvalue weighted by molar-refractivity contribution is 5.91. The number of hydrogen-bond acceptors (Lipinski definition) is 4. The summed E-state index contributed by atoms with van der Waals surface area (Å²) in [5.41, 5.74) is 10.7. The maximum Gasteiger partial charge on any atom is 0.160 e. The zero-order valence-electron chi connectivity index (χ0n) is 26.0. The fourth-order valence-electron chi connectivity index (χ4n) is 6.31. The predicted octanol–water partition coefficient (Wildman–Crippen LogP) is 11.1. The lowest BCUT2D eigenvalue weighted by molar-refractivity contribution is 1.17. The van der Waals surface area contributed by atoms with Gasteiger partial charge in [0.25, 0.3) is 0 Å². The van der Waals surface area contributed by atoms with Crippen molar-refractivity contribution in [3.05, 3.63) is 170 Å². The van der Waals surface area contributed by atoms with Crippen molar-refractivity contribution in [2.45, 2.75) is 0 Å². The minimum absolute atomic E-state index is 0.677. The standard InChI is InChI=1S/C44H28N4/c1-3-10-30(11-4-1)42-28-43(48-44(47-42)32-12-5-2-6-13-32)40-24-19-31-16-17-35(27-41(31)46-40)34-20-22-38-37(26-34)21-23-39(45-38)36-18-15-29-9-7-8-14-33(29)25-36/h1-28H. The van der Waals surface area contributed by atoms with Crippen LogP contribution in [0.2, 0.25) is 0 Å². The van der Waals surface area contributed by atoms with Gasteiger partial charge in [-0.25, -0.2) is 19.9 Å². The van der Waals surface area contributed by atoms with Gasteiger partial charge >= 0.3 is 0 Å². The van der Waals surface area contributed by atoms with E-state index in [0.717, 1.165) is 72.4 Å². The summed E-state index contributed by atoms with van der Waals surface area (Å²) in [5.74, 6) is 0.677. The first-order chi connectivity index (χ1) is 23.7. The average molecular weight is 613 g/mol. The number of hydrogen-bond donors (Lipinski definition) is 0. The maximum atomic E-state index is 5.13. The van der Waals surface area contributed by atoms with Gasteiger partial charge in [0.15, 0.2) is 5.82 Å². The molecule has 0 N–H and O–H groups in total. The Labute approximate surface area is 278 Å². The number of aromatic nitrogens is 4. The summed E-state index contributed by atoms with van der Waals surface area (Å²) in [6.07, 6.45) is 0. The minimum Gasteiger partial charge on any atom is -0.248 e. The van der Waals surface area contributed by atoms with E-state index < -0.39 is 0 Å². The third-order valence-corrected chi connectivity index (χ3v) is 8.85. The first-order valence-corrected chi connectivity index (χ1v) is 16.1. The van der Waals surface area contributed by atoms with E-state index in [-0.39, 0.29) is 0 Å².